The molecule has 0 aliphatic carbocycles. The third kappa shape index (κ3) is 2.72. The highest BCUT2D eigenvalue weighted by Gasteiger charge is 2.22. The molecule has 98 valence electrons. The second kappa shape index (κ2) is 5.11. The molecule has 1 aromatic rings. The van der Waals surface area contributed by atoms with Gasteiger partial charge in [0.05, 0.1) is 6.10 Å². The van der Waals surface area contributed by atoms with Gasteiger partial charge in [-0.1, -0.05) is 31.5 Å². The lowest BCUT2D eigenvalue weighted by Crippen LogP contribution is -2.21. The molecule has 0 saturated carbocycles. The highest BCUT2D eigenvalue weighted by Crippen LogP contribution is 2.34. The smallest absolute Gasteiger partial charge is 0.224 e. The van der Waals surface area contributed by atoms with E-state index in [0.717, 1.165) is 28.8 Å². The molecule has 1 aliphatic heterocycles. The molecule has 0 bridgehead atoms. The Balaban J connectivity index is 2.39. The van der Waals surface area contributed by atoms with E-state index >= 15 is 0 Å². The van der Waals surface area contributed by atoms with Gasteiger partial charge in [0.2, 0.25) is 5.91 Å². The second-order valence-corrected chi connectivity index (χ2v) is 5.58. The first kappa shape index (κ1) is 13.1. The molecule has 1 unspecified atom stereocenters. The van der Waals surface area contributed by atoms with E-state index in [0.29, 0.717) is 18.8 Å². The zero-order valence-corrected chi connectivity index (χ0v) is 11.3. The third-order valence-corrected chi connectivity index (χ3v) is 3.33. The maximum absolute atomic E-state index is 11.5. The number of aliphatic hydroxyl groups is 1. The number of anilines is 1. The van der Waals surface area contributed by atoms with E-state index in [1.165, 1.54) is 0 Å². The highest BCUT2D eigenvalue weighted by atomic mass is 16.3. The molecule has 0 fully saturated rings. The van der Waals surface area contributed by atoms with Crippen LogP contribution in [0.3, 0.4) is 0 Å². The number of benzene rings is 1. The van der Waals surface area contributed by atoms with Crippen LogP contribution in [0.5, 0.6) is 0 Å². The predicted molar refractivity (Wildman–Crippen MR) is 72.5 cm³/mol. The number of aryl methyl sites for hydroxylation is 2. The quantitative estimate of drug-likeness (QED) is 0.862. The number of carbonyl (C=O) groups is 1. The summed E-state index contributed by atoms with van der Waals surface area (Å²) in [5.41, 5.74) is 3.99. The molecule has 0 aromatic heterocycles. The normalized spacial score (nSPS) is 16.4. The maximum Gasteiger partial charge on any atom is 0.224 e. The molecule has 1 amide bonds. The monoisotopic (exact) mass is 247 g/mol. The van der Waals surface area contributed by atoms with Crippen molar-refractivity contribution in [2.24, 2.45) is 5.92 Å². The van der Waals surface area contributed by atoms with Crippen molar-refractivity contribution < 1.29 is 9.90 Å². The first-order valence-corrected chi connectivity index (χ1v) is 6.58. The van der Waals surface area contributed by atoms with Crippen molar-refractivity contribution in [1.82, 2.24) is 0 Å². The number of rotatable bonds is 3. The van der Waals surface area contributed by atoms with Crippen LogP contribution in [0.2, 0.25) is 0 Å². The lowest BCUT2D eigenvalue weighted by Gasteiger charge is -2.24. The Morgan fingerprint density at radius 1 is 1.33 bits per heavy atom. The van der Waals surface area contributed by atoms with Crippen LogP contribution >= 0.6 is 0 Å². The Morgan fingerprint density at radius 3 is 2.72 bits per heavy atom. The van der Waals surface area contributed by atoms with Gasteiger partial charge < -0.3 is 10.4 Å². The van der Waals surface area contributed by atoms with Gasteiger partial charge in [0.15, 0.2) is 0 Å². The first-order valence-electron chi connectivity index (χ1n) is 6.58. The molecule has 1 aliphatic rings. The van der Waals surface area contributed by atoms with Crippen LogP contribution in [0.1, 0.15) is 49.5 Å². The SMILES string of the molecule is Cc1cc2c(c(C(O)CC(C)C)c1)NC(=O)CC2. The van der Waals surface area contributed by atoms with Gasteiger partial charge in [-0.2, -0.15) is 0 Å². The molecule has 2 rings (SSSR count). The van der Waals surface area contributed by atoms with Crippen molar-refractivity contribution in [3.8, 4) is 0 Å². The fraction of sp³-hybridized carbons (Fsp3) is 0.533. The van der Waals surface area contributed by atoms with E-state index in [2.05, 4.69) is 25.2 Å². The Bertz CT molecular complexity index is 466. The molecule has 3 nitrogen and oxygen atoms in total. The predicted octanol–water partition coefficient (Wildman–Crippen LogP) is 2.96. The summed E-state index contributed by atoms with van der Waals surface area (Å²) in [6, 6.07) is 4.08. The number of fused-ring (bicyclic) bond motifs is 1. The molecule has 0 spiro atoms. The van der Waals surface area contributed by atoms with Crippen molar-refractivity contribution in [3.05, 3.63) is 28.8 Å². The molecule has 0 radical (unpaired) electrons. The van der Waals surface area contributed by atoms with Gasteiger partial charge in [0.25, 0.3) is 0 Å². The average Bonchev–Trinajstić information content (AvgIpc) is 2.27. The molecule has 3 heteroatoms. The van der Waals surface area contributed by atoms with Crippen LogP contribution in [0, 0.1) is 12.8 Å². The Morgan fingerprint density at radius 2 is 2.06 bits per heavy atom. The Labute approximate surface area is 108 Å². The van der Waals surface area contributed by atoms with E-state index < -0.39 is 6.10 Å². The van der Waals surface area contributed by atoms with Gasteiger partial charge in [-0.25, -0.2) is 0 Å². The van der Waals surface area contributed by atoms with Crippen LogP contribution < -0.4 is 5.32 Å². The standard InChI is InChI=1S/C15H21NO2/c1-9(2)6-13(17)12-8-10(3)7-11-4-5-14(18)16-15(11)12/h7-9,13,17H,4-6H2,1-3H3,(H,16,18). The van der Waals surface area contributed by atoms with Crippen molar-refractivity contribution in [2.45, 2.75) is 46.1 Å². The minimum atomic E-state index is -0.503. The van der Waals surface area contributed by atoms with Crippen LogP contribution in [-0.2, 0) is 11.2 Å². The van der Waals surface area contributed by atoms with Gasteiger partial charge in [-0.15, -0.1) is 0 Å². The van der Waals surface area contributed by atoms with Gasteiger partial charge in [-0.05, 0) is 31.2 Å². The number of nitrogens with one attached hydrogen (secondary N) is 1. The number of hydrogen-bond acceptors (Lipinski definition) is 2. The summed E-state index contributed by atoms with van der Waals surface area (Å²) in [4.78, 5) is 11.5. The molecule has 2 N–H and O–H groups in total. The Kier molecular flexibility index (Phi) is 3.71. The molecule has 1 aromatic carbocycles. The minimum Gasteiger partial charge on any atom is -0.388 e. The molecular formula is C15H21NO2. The van der Waals surface area contributed by atoms with Crippen molar-refractivity contribution in [3.63, 3.8) is 0 Å². The first-order chi connectivity index (χ1) is 8.47. The average molecular weight is 247 g/mol. The van der Waals surface area contributed by atoms with E-state index in [1.807, 2.05) is 13.0 Å². The maximum atomic E-state index is 11.5. The summed E-state index contributed by atoms with van der Waals surface area (Å²) < 4.78 is 0. The van der Waals surface area contributed by atoms with E-state index in [9.17, 15) is 9.90 Å². The van der Waals surface area contributed by atoms with Crippen LogP contribution in [0.4, 0.5) is 5.69 Å². The molecule has 18 heavy (non-hydrogen) atoms. The fourth-order valence-electron chi connectivity index (χ4n) is 2.53. The van der Waals surface area contributed by atoms with Gasteiger partial charge in [-0.3, -0.25) is 4.79 Å². The van der Waals surface area contributed by atoms with E-state index in [1.54, 1.807) is 0 Å². The van der Waals surface area contributed by atoms with E-state index in [-0.39, 0.29) is 5.91 Å². The second-order valence-electron chi connectivity index (χ2n) is 5.58. The fourth-order valence-corrected chi connectivity index (χ4v) is 2.53. The Hall–Kier alpha value is -1.35. The third-order valence-electron chi connectivity index (χ3n) is 3.33. The number of aliphatic hydroxyl groups excluding tert-OH is 1. The lowest BCUT2D eigenvalue weighted by molar-refractivity contribution is -0.116. The van der Waals surface area contributed by atoms with Crippen molar-refractivity contribution >= 4 is 11.6 Å². The summed E-state index contributed by atoms with van der Waals surface area (Å²) in [6.07, 6.45) is 1.52. The summed E-state index contributed by atoms with van der Waals surface area (Å²) >= 11 is 0. The van der Waals surface area contributed by atoms with Crippen molar-refractivity contribution in [2.75, 3.05) is 5.32 Å². The van der Waals surface area contributed by atoms with Gasteiger partial charge in [0.1, 0.15) is 0 Å². The number of carbonyl (C=O) groups excluding carboxylic acids is 1. The van der Waals surface area contributed by atoms with E-state index in [4.69, 9.17) is 0 Å². The number of amides is 1. The summed E-state index contributed by atoms with van der Waals surface area (Å²) in [6.45, 7) is 6.20. The van der Waals surface area contributed by atoms with Crippen molar-refractivity contribution in [1.29, 1.82) is 0 Å². The zero-order valence-electron chi connectivity index (χ0n) is 11.3. The molecule has 0 saturated heterocycles. The van der Waals surface area contributed by atoms with Gasteiger partial charge in [0, 0.05) is 17.7 Å². The van der Waals surface area contributed by atoms with Gasteiger partial charge >= 0.3 is 0 Å². The lowest BCUT2D eigenvalue weighted by atomic mass is 9.91. The van der Waals surface area contributed by atoms with Crippen LogP contribution in [-0.4, -0.2) is 11.0 Å². The summed E-state index contributed by atoms with van der Waals surface area (Å²) in [7, 11) is 0. The molecule has 1 heterocycles. The highest BCUT2D eigenvalue weighted by molar-refractivity contribution is 5.95. The van der Waals surface area contributed by atoms with Crippen LogP contribution in [0.25, 0.3) is 0 Å². The zero-order chi connectivity index (χ0) is 13.3. The largest absolute Gasteiger partial charge is 0.388 e. The summed E-state index contributed by atoms with van der Waals surface area (Å²) in [5.74, 6) is 0.472. The van der Waals surface area contributed by atoms with Crippen LogP contribution in [0.15, 0.2) is 12.1 Å². The topological polar surface area (TPSA) is 49.3 Å². The minimum absolute atomic E-state index is 0.0457. The molecular weight excluding hydrogens is 226 g/mol. The summed E-state index contributed by atoms with van der Waals surface area (Å²) in [5, 5.41) is 13.2. The molecule has 1 atom stereocenters. The number of hydrogen-bond donors (Lipinski definition) is 2.